The number of nitrogens with zero attached hydrogens (tertiary/aromatic N) is 2. The van der Waals surface area contributed by atoms with Crippen LogP contribution in [-0.2, 0) is 6.54 Å². The third-order valence-corrected chi connectivity index (χ3v) is 3.45. The molecule has 0 spiro atoms. The summed E-state index contributed by atoms with van der Waals surface area (Å²) in [5.41, 5.74) is 2.51. The summed E-state index contributed by atoms with van der Waals surface area (Å²) >= 11 is 3.45. The molecular formula is C14H18BrN3. The van der Waals surface area contributed by atoms with Gasteiger partial charge in [0.25, 0.3) is 0 Å². The molecule has 0 saturated carbocycles. The molecule has 1 N–H and O–H groups in total. The average molecular weight is 308 g/mol. The summed E-state index contributed by atoms with van der Waals surface area (Å²) < 4.78 is 3.09. The van der Waals surface area contributed by atoms with Gasteiger partial charge in [0.05, 0.1) is 12.7 Å². The summed E-state index contributed by atoms with van der Waals surface area (Å²) in [4.78, 5) is 0. The second-order valence-electron chi connectivity index (χ2n) is 4.51. The Balaban J connectivity index is 1.81. The van der Waals surface area contributed by atoms with E-state index in [4.69, 9.17) is 0 Å². The molecule has 0 radical (unpaired) electrons. The van der Waals surface area contributed by atoms with E-state index < -0.39 is 0 Å². The van der Waals surface area contributed by atoms with Crippen molar-refractivity contribution in [2.75, 3.05) is 6.54 Å². The minimum Gasteiger partial charge on any atom is -0.308 e. The second-order valence-corrected chi connectivity index (χ2v) is 5.42. The summed E-state index contributed by atoms with van der Waals surface area (Å²) in [6.45, 7) is 6.05. The van der Waals surface area contributed by atoms with Crippen molar-refractivity contribution in [1.82, 2.24) is 15.1 Å². The Bertz CT molecular complexity index is 490. The molecule has 4 heteroatoms. The molecule has 0 aliphatic carbocycles. The van der Waals surface area contributed by atoms with Crippen LogP contribution in [-0.4, -0.2) is 16.3 Å². The van der Waals surface area contributed by atoms with Gasteiger partial charge in [-0.2, -0.15) is 5.10 Å². The predicted octanol–water partition coefficient (Wildman–Crippen LogP) is 3.30. The molecule has 0 unspecified atom stereocenters. The lowest BCUT2D eigenvalue weighted by Gasteiger charge is -2.14. The van der Waals surface area contributed by atoms with Crippen LogP contribution in [0.1, 0.15) is 24.1 Å². The van der Waals surface area contributed by atoms with Crippen molar-refractivity contribution in [3.8, 4) is 0 Å². The number of nitrogens with one attached hydrogen (secondary N) is 1. The fraction of sp³-hybridized carbons (Fsp3) is 0.357. The van der Waals surface area contributed by atoms with Crippen LogP contribution in [0.15, 0.2) is 41.1 Å². The quantitative estimate of drug-likeness (QED) is 0.918. The van der Waals surface area contributed by atoms with Crippen molar-refractivity contribution in [2.24, 2.45) is 0 Å². The third kappa shape index (κ3) is 3.68. The van der Waals surface area contributed by atoms with Gasteiger partial charge >= 0.3 is 0 Å². The van der Waals surface area contributed by atoms with Crippen molar-refractivity contribution in [3.05, 3.63) is 52.3 Å². The molecule has 2 rings (SSSR count). The monoisotopic (exact) mass is 307 g/mol. The van der Waals surface area contributed by atoms with Crippen molar-refractivity contribution in [2.45, 2.75) is 26.4 Å². The van der Waals surface area contributed by atoms with Gasteiger partial charge in [-0.25, -0.2) is 0 Å². The van der Waals surface area contributed by atoms with E-state index in [-0.39, 0.29) is 0 Å². The first-order valence-corrected chi connectivity index (χ1v) is 6.92. The van der Waals surface area contributed by atoms with Crippen molar-refractivity contribution in [3.63, 3.8) is 0 Å². The molecule has 0 saturated heterocycles. The summed E-state index contributed by atoms with van der Waals surface area (Å²) in [6.07, 6.45) is 3.95. The standard InChI is InChI=1S/C14H18BrN3/c1-11-9-17-18(10-11)8-7-16-12(2)13-3-5-14(15)6-4-13/h3-6,9-10,12,16H,7-8H2,1-2H3/t12-/m1/s1. The maximum absolute atomic E-state index is 4.27. The number of rotatable bonds is 5. The van der Waals surface area contributed by atoms with E-state index in [1.807, 2.05) is 10.9 Å². The maximum Gasteiger partial charge on any atom is 0.0534 e. The molecule has 0 amide bonds. The summed E-state index contributed by atoms with van der Waals surface area (Å²) in [6, 6.07) is 8.78. The van der Waals surface area contributed by atoms with Gasteiger partial charge in [-0.05, 0) is 37.1 Å². The Kier molecular flexibility index (Phi) is 4.55. The topological polar surface area (TPSA) is 29.9 Å². The maximum atomic E-state index is 4.27. The van der Waals surface area contributed by atoms with E-state index in [1.54, 1.807) is 0 Å². The molecule has 0 aliphatic heterocycles. The van der Waals surface area contributed by atoms with Crippen molar-refractivity contribution >= 4 is 15.9 Å². The zero-order chi connectivity index (χ0) is 13.0. The van der Waals surface area contributed by atoms with Crippen molar-refractivity contribution in [1.29, 1.82) is 0 Å². The molecule has 18 heavy (non-hydrogen) atoms. The van der Waals surface area contributed by atoms with E-state index >= 15 is 0 Å². The number of hydrogen-bond donors (Lipinski definition) is 1. The highest BCUT2D eigenvalue weighted by Crippen LogP contribution is 2.16. The average Bonchev–Trinajstić information content (AvgIpc) is 2.76. The molecule has 2 aromatic rings. The van der Waals surface area contributed by atoms with Crippen LogP contribution in [0.5, 0.6) is 0 Å². The molecule has 0 fully saturated rings. The Labute approximate surface area is 116 Å². The van der Waals surface area contributed by atoms with Crippen LogP contribution >= 0.6 is 15.9 Å². The van der Waals surface area contributed by atoms with E-state index in [9.17, 15) is 0 Å². The number of aryl methyl sites for hydroxylation is 1. The molecule has 3 nitrogen and oxygen atoms in total. The SMILES string of the molecule is Cc1cnn(CCN[C@H](C)c2ccc(Br)cc2)c1. The zero-order valence-electron chi connectivity index (χ0n) is 10.7. The van der Waals surface area contributed by atoms with Gasteiger partial charge in [-0.15, -0.1) is 0 Å². The lowest BCUT2D eigenvalue weighted by atomic mass is 10.1. The molecule has 0 bridgehead atoms. The predicted molar refractivity (Wildman–Crippen MR) is 77.5 cm³/mol. The van der Waals surface area contributed by atoms with Crippen LogP contribution < -0.4 is 5.32 Å². The molecule has 0 aliphatic rings. The minimum absolute atomic E-state index is 0.356. The fourth-order valence-corrected chi connectivity index (χ4v) is 2.12. The highest BCUT2D eigenvalue weighted by molar-refractivity contribution is 9.10. The van der Waals surface area contributed by atoms with Gasteiger partial charge in [-0.1, -0.05) is 28.1 Å². The molecule has 1 heterocycles. The zero-order valence-corrected chi connectivity index (χ0v) is 12.3. The van der Waals surface area contributed by atoms with Crippen LogP contribution in [0.4, 0.5) is 0 Å². The van der Waals surface area contributed by atoms with Gasteiger partial charge in [-0.3, -0.25) is 4.68 Å². The molecular weight excluding hydrogens is 290 g/mol. The third-order valence-electron chi connectivity index (χ3n) is 2.92. The number of aromatic nitrogens is 2. The van der Waals surface area contributed by atoms with Gasteiger partial charge in [0.2, 0.25) is 0 Å². The van der Waals surface area contributed by atoms with Gasteiger partial charge in [0.1, 0.15) is 0 Å². The lowest BCUT2D eigenvalue weighted by molar-refractivity contribution is 0.507. The summed E-state index contributed by atoms with van der Waals surface area (Å²) in [5, 5.41) is 7.77. The first-order valence-electron chi connectivity index (χ1n) is 6.13. The van der Waals surface area contributed by atoms with E-state index in [2.05, 4.69) is 70.7 Å². The molecule has 96 valence electrons. The minimum atomic E-state index is 0.356. The first-order chi connectivity index (χ1) is 8.65. The van der Waals surface area contributed by atoms with Crippen molar-refractivity contribution < 1.29 is 0 Å². The Morgan fingerprint density at radius 2 is 2.06 bits per heavy atom. The van der Waals surface area contributed by atoms with E-state index in [0.717, 1.165) is 17.6 Å². The van der Waals surface area contributed by atoms with Gasteiger partial charge in [0.15, 0.2) is 0 Å². The number of hydrogen-bond acceptors (Lipinski definition) is 2. The normalized spacial score (nSPS) is 12.6. The smallest absolute Gasteiger partial charge is 0.0534 e. The summed E-state index contributed by atoms with van der Waals surface area (Å²) in [5.74, 6) is 0. The highest BCUT2D eigenvalue weighted by Gasteiger charge is 2.04. The second kappa shape index (κ2) is 6.16. The number of benzene rings is 1. The Hall–Kier alpha value is -1.13. The Morgan fingerprint density at radius 3 is 2.67 bits per heavy atom. The van der Waals surface area contributed by atoms with Gasteiger partial charge in [0, 0.05) is 23.3 Å². The largest absolute Gasteiger partial charge is 0.308 e. The van der Waals surface area contributed by atoms with Crippen LogP contribution in [0.2, 0.25) is 0 Å². The van der Waals surface area contributed by atoms with Gasteiger partial charge < -0.3 is 5.32 Å². The summed E-state index contributed by atoms with van der Waals surface area (Å²) in [7, 11) is 0. The fourth-order valence-electron chi connectivity index (χ4n) is 1.85. The number of halogens is 1. The van der Waals surface area contributed by atoms with E-state index in [1.165, 1.54) is 11.1 Å². The molecule has 1 aromatic carbocycles. The highest BCUT2D eigenvalue weighted by atomic mass is 79.9. The molecule has 1 aromatic heterocycles. The van der Waals surface area contributed by atoms with Crippen LogP contribution in [0, 0.1) is 6.92 Å². The first kappa shape index (κ1) is 13.3. The van der Waals surface area contributed by atoms with Crippen LogP contribution in [0.3, 0.4) is 0 Å². The van der Waals surface area contributed by atoms with Crippen LogP contribution in [0.25, 0.3) is 0 Å². The Morgan fingerprint density at radius 1 is 1.33 bits per heavy atom. The lowest BCUT2D eigenvalue weighted by Crippen LogP contribution is -2.23. The molecule has 1 atom stereocenters. The van der Waals surface area contributed by atoms with E-state index in [0.29, 0.717) is 6.04 Å².